The Balaban J connectivity index is 1.18. The molecular formula is C34H32Cl2N4O4. The van der Waals surface area contributed by atoms with Crippen LogP contribution in [0.5, 0.6) is 5.75 Å². The quantitative estimate of drug-likeness (QED) is 0.214. The lowest BCUT2D eigenvalue weighted by atomic mass is 10.1. The molecule has 0 saturated carbocycles. The Bertz CT molecular complexity index is 1730. The highest BCUT2D eigenvalue weighted by atomic mass is 35.5. The molecule has 44 heavy (non-hydrogen) atoms. The SMILES string of the molecule is Cc1ccc2cccc(OCc3c(Cl)ccc(N(C)C(=O)CNC(=O)C=Cc4ccc(C(=O)N5CCCC5)cc4)c3Cl)c2n1. The molecule has 0 aliphatic carbocycles. The van der Waals surface area contributed by atoms with E-state index < -0.39 is 5.91 Å². The lowest BCUT2D eigenvalue weighted by Crippen LogP contribution is -2.37. The molecule has 10 heteroatoms. The number of nitrogens with zero attached hydrogens (tertiary/aromatic N) is 3. The summed E-state index contributed by atoms with van der Waals surface area (Å²) < 4.78 is 6.08. The fourth-order valence-corrected chi connectivity index (χ4v) is 5.55. The fraction of sp³-hybridized carbons (Fsp3) is 0.235. The lowest BCUT2D eigenvalue weighted by Gasteiger charge is -2.21. The first-order valence-corrected chi connectivity index (χ1v) is 15.0. The van der Waals surface area contributed by atoms with Crippen LogP contribution in [0.3, 0.4) is 0 Å². The number of ether oxygens (including phenoxy) is 1. The van der Waals surface area contributed by atoms with Crippen LogP contribution in [0.4, 0.5) is 5.69 Å². The normalized spacial score (nSPS) is 13.0. The summed E-state index contributed by atoms with van der Waals surface area (Å²) >= 11 is 13.2. The van der Waals surface area contributed by atoms with Gasteiger partial charge in [0.15, 0.2) is 0 Å². The van der Waals surface area contributed by atoms with E-state index in [4.69, 9.17) is 27.9 Å². The van der Waals surface area contributed by atoms with E-state index in [1.807, 2.05) is 42.2 Å². The molecule has 2 heterocycles. The minimum atomic E-state index is -0.431. The molecule has 0 atom stereocenters. The zero-order valence-electron chi connectivity index (χ0n) is 24.5. The molecular weight excluding hydrogens is 599 g/mol. The maximum absolute atomic E-state index is 13.0. The first-order chi connectivity index (χ1) is 21.2. The third-order valence-corrected chi connectivity index (χ3v) is 8.26. The van der Waals surface area contributed by atoms with Gasteiger partial charge in [-0.05, 0) is 67.8 Å². The smallest absolute Gasteiger partial charge is 0.253 e. The predicted molar refractivity (Wildman–Crippen MR) is 174 cm³/mol. The number of rotatable bonds is 9. The van der Waals surface area contributed by atoms with E-state index in [0.717, 1.165) is 48.1 Å². The molecule has 0 spiro atoms. The second-order valence-corrected chi connectivity index (χ2v) is 11.3. The average molecular weight is 632 g/mol. The van der Waals surface area contributed by atoms with E-state index >= 15 is 0 Å². The van der Waals surface area contributed by atoms with Crippen molar-refractivity contribution in [2.45, 2.75) is 26.4 Å². The van der Waals surface area contributed by atoms with E-state index in [2.05, 4.69) is 10.3 Å². The summed E-state index contributed by atoms with van der Waals surface area (Å²) in [5.41, 5.74) is 3.94. The molecule has 1 fully saturated rings. The minimum absolute atomic E-state index is 0.0241. The molecule has 0 bridgehead atoms. The summed E-state index contributed by atoms with van der Waals surface area (Å²) in [4.78, 5) is 45.7. The Labute approximate surface area is 266 Å². The Morgan fingerprint density at radius 3 is 2.50 bits per heavy atom. The highest BCUT2D eigenvalue weighted by Crippen LogP contribution is 2.35. The third kappa shape index (κ3) is 7.21. The van der Waals surface area contributed by atoms with Gasteiger partial charge in [-0.3, -0.25) is 14.4 Å². The molecule has 1 aliphatic rings. The second kappa shape index (κ2) is 13.9. The standard InChI is InChI=1S/C34H32Cl2N4O4/c1-22-8-12-24-6-5-7-29(33(24)38-22)44-21-26-27(35)15-16-28(32(26)36)39(2)31(42)20-37-30(41)17-11-23-9-13-25(14-10-23)34(43)40-18-3-4-19-40/h5-17H,3-4,18-21H2,1-2H3,(H,37,41). The van der Waals surface area contributed by atoms with Gasteiger partial charge < -0.3 is 19.9 Å². The van der Waals surface area contributed by atoms with Crippen molar-refractivity contribution in [3.8, 4) is 5.75 Å². The Kier molecular flexibility index (Phi) is 9.82. The fourth-order valence-electron chi connectivity index (χ4n) is 4.95. The van der Waals surface area contributed by atoms with Crippen molar-refractivity contribution < 1.29 is 19.1 Å². The van der Waals surface area contributed by atoms with Crippen molar-refractivity contribution in [1.29, 1.82) is 0 Å². The summed E-state index contributed by atoms with van der Waals surface area (Å²) in [6.07, 6.45) is 5.04. The number of pyridine rings is 1. The van der Waals surface area contributed by atoms with E-state index in [-0.39, 0.29) is 30.0 Å². The first kappa shape index (κ1) is 31.0. The van der Waals surface area contributed by atoms with Gasteiger partial charge in [0.25, 0.3) is 5.91 Å². The van der Waals surface area contributed by atoms with E-state index in [1.54, 1.807) is 49.5 Å². The summed E-state index contributed by atoms with van der Waals surface area (Å²) in [7, 11) is 1.58. The lowest BCUT2D eigenvalue weighted by molar-refractivity contribution is -0.122. The van der Waals surface area contributed by atoms with Crippen LogP contribution in [0.2, 0.25) is 10.0 Å². The van der Waals surface area contributed by atoms with Crippen LogP contribution in [-0.4, -0.2) is 54.3 Å². The van der Waals surface area contributed by atoms with Crippen LogP contribution in [-0.2, 0) is 16.2 Å². The van der Waals surface area contributed by atoms with Gasteiger partial charge in [0, 0.05) is 53.4 Å². The van der Waals surface area contributed by atoms with Crippen molar-refractivity contribution in [3.05, 3.63) is 105 Å². The number of fused-ring (bicyclic) bond motifs is 1. The summed E-state index contributed by atoms with van der Waals surface area (Å²) in [5, 5.41) is 4.23. The number of nitrogens with one attached hydrogen (secondary N) is 1. The number of amides is 3. The van der Waals surface area contributed by atoms with E-state index in [0.29, 0.717) is 27.6 Å². The monoisotopic (exact) mass is 630 g/mol. The molecule has 3 amide bonds. The van der Waals surface area contributed by atoms with Crippen molar-refractivity contribution >= 4 is 63.6 Å². The number of likely N-dealkylation sites (tertiary alicyclic amines) is 1. The van der Waals surface area contributed by atoms with E-state index in [1.165, 1.54) is 11.0 Å². The Morgan fingerprint density at radius 1 is 1.00 bits per heavy atom. The number of likely N-dealkylation sites (N-methyl/N-ethyl adjacent to an activating group) is 1. The molecule has 0 radical (unpaired) electrons. The van der Waals surface area contributed by atoms with Crippen LogP contribution in [0, 0.1) is 6.92 Å². The highest BCUT2D eigenvalue weighted by molar-refractivity contribution is 6.38. The average Bonchev–Trinajstić information content (AvgIpc) is 3.57. The number of benzene rings is 3. The van der Waals surface area contributed by atoms with Crippen LogP contribution >= 0.6 is 23.2 Å². The van der Waals surface area contributed by atoms with Crippen LogP contribution in [0.1, 0.15) is 40.0 Å². The molecule has 4 aromatic rings. The number of hydrogen-bond donors (Lipinski definition) is 1. The summed E-state index contributed by atoms with van der Waals surface area (Å²) in [5.74, 6) is -0.188. The molecule has 1 N–H and O–H groups in total. The van der Waals surface area contributed by atoms with Gasteiger partial charge in [-0.1, -0.05) is 53.5 Å². The van der Waals surface area contributed by atoms with Gasteiger partial charge in [-0.15, -0.1) is 0 Å². The molecule has 1 saturated heterocycles. The number of para-hydroxylation sites is 1. The van der Waals surface area contributed by atoms with Gasteiger partial charge in [-0.25, -0.2) is 4.98 Å². The topological polar surface area (TPSA) is 91.8 Å². The molecule has 3 aromatic carbocycles. The third-order valence-electron chi connectivity index (χ3n) is 7.49. The largest absolute Gasteiger partial charge is 0.487 e. The molecule has 226 valence electrons. The molecule has 1 aliphatic heterocycles. The first-order valence-electron chi connectivity index (χ1n) is 14.3. The van der Waals surface area contributed by atoms with E-state index in [9.17, 15) is 14.4 Å². The molecule has 8 nitrogen and oxygen atoms in total. The molecule has 5 rings (SSSR count). The maximum Gasteiger partial charge on any atom is 0.253 e. The van der Waals surface area contributed by atoms with Crippen molar-refractivity contribution in [3.63, 3.8) is 0 Å². The number of aryl methyl sites for hydroxylation is 1. The highest BCUT2D eigenvalue weighted by Gasteiger charge is 2.20. The van der Waals surface area contributed by atoms with Gasteiger partial charge >= 0.3 is 0 Å². The summed E-state index contributed by atoms with van der Waals surface area (Å²) in [6.45, 7) is 3.32. The molecule has 0 unspecified atom stereocenters. The van der Waals surface area contributed by atoms with Crippen molar-refractivity contribution in [1.82, 2.24) is 15.2 Å². The van der Waals surface area contributed by atoms with Gasteiger partial charge in [0.05, 0.1) is 17.3 Å². The number of anilines is 1. The number of carbonyl (C=O) groups excluding carboxylic acids is 3. The van der Waals surface area contributed by atoms with Crippen molar-refractivity contribution in [2.75, 3.05) is 31.6 Å². The van der Waals surface area contributed by atoms with Crippen LogP contribution < -0.4 is 15.0 Å². The Morgan fingerprint density at radius 2 is 1.75 bits per heavy atom. The van der Waals surface area contributed by atoms with Crippen LogP contribution in [0.15, 0.2) is 72.8 Å². The second-order valence-electron chi connectivity index (χ2n) is 10.6. The van der Waals surface area contributed by atoms with Crippen LogP contribution in [0.25, 0.3) is 17.0 Å². The van der Waals surface area contributed by atoms with Gasteiger partial charge in [0.1, 0.15) is 17.9 Å². The number of carbonyl (C=O) groups is 3. The number of halogens is 2. The van der Waals surface area contributed by atoms with Gasteiger partial charge in [0.2, 0.25) is 11.8 Å². The zero-order valence-corrected chi connectivity index (χ0v) is 26.0. The number of aromatic nitrogens is 1. The van der Waals surface area contributed by atoms with Gasteiger partial charge in [-0.2, -0.15) is 0 Å². The van der Waals surface area contributed by atoms with Crippen molar-refractivity contribution in [2.24, 2.45) is 0 Å². The predicted octanol–water partition coefficient (Wildman–Crippen LogP) is 6.46. The summed E-state index contributed by atoms with van der Waals surface area (Å²) in [6, 6.07) is 20.0. The number of hydrogen-bond acceptors (Lipinski definition) is 5. The maximum atomic E-state index is 13.0. The molecule has 1 aromatic heterocycles. The zero-order chi connectivity index (χ0) is 31.2. The minimum Gasteiger partial charge on any atom is -0.487 e. The Hall–Kier alpha value is -4.40.